The van der Waals surface area contributed by atoms with Crippen LogP contribution in [0.15, 0.2) is 24.3 Å². The van der Waals surface area contributed by atoms with E-state index in [1.165, 1.54) is 5.56 Å². The van der Waals surface area contributed by atoms with Gasteiger partial charge in [-0.05, 0) is 43.4 Å². The van der Waals surface area contributed by atoms with Gasteiger partial charge in [-0.3, -0.25) is 9.59 Å². The van der Waals surface area contributed by atoms with E-state index in [1.807, 2.05) is 24.3 Å². The molecule has 0 spiro atoms. The van der Waals surface area contributed by atoms with Crippen molar-refractivity contribution in [2.24, 2.45) is 11.8 Å². The summed E-state index contributed by atoms with van der Waals surface area (Å²) in [4.78, 5) is 23.8. The lowest BCUT2D eigenvalue weighted by atomic mass is 9.71. The van der Waals surface area contributed by atoms with Crippen molar-refractivity contribution in [2.45, 2.75) is 37.4 Å². The van der Waals surface area contributed by atoms with Crippen LogP contribution in [0.4, 0.5) is 0 Å². The first kappa shape index (κ1) is 13.8. The van der Waals surface area contributed by atoms with Crippen LogP contribution in [0.5, 0.6) is 5.75 Å². The van der Waals surface area contributed by atoms with Gasteiger partial charge >= 0.3 is 11.9 Å². The van der Waals surface area contributed by atoms with Gasteiger partial charge in [-0.2, -0.15) is 0 Å². The van der Waals surface area contributed by atoms with Crippen LogP contribution in [0.2, 0.25) is 0 Å². The molecule has 22 heavy (non-hydrogen) atoms. The number of cyclic esters (lactones) is 2. The largest absolute Gasteiger partial charge is 0.497 e. The Labute approximate surface area is 128 Å². The lowest BCUT2D eigenvalue weighted by Crippen LogP contribution is -2.40. The Morgan fingerprint density at radius 3 is 2.73 bits per heavy atom. The van der Waals surface area contributed by atoms with Gasteiger partial charge in [0, 0.05) is 0 Å². The molecule has 4 rings (SSSR count). The number of aryl methyl sites for hydroxylation is 1. The molecule has 3 saturated heterocycles. The number of fused-ring (bicyclic) bond motifs is 5. The summed E-state index contributed by atoms with van der Waals surface area (Å²) in [6, 6.07) is 7.89. The number of hydrogen-bond donors (Lipinski definition) is 0. The van der Waals surface area contributed by atoms with E-state index in [1.54, 1.807) is 7.11 Å². The fourth-order valence-electron chi connectivity index (χ4n) is 4.20. The molecule has 0 amide bonds. The number of benzene rings is 1. The van der Waals surface area contributed by atoms with Crippen LogP contribution < -0.4 is 4.74 Å². The molecule has 3 heterocycles. The molecule has 1 aromatic carbocycles. The van der Waals surface area contributed by atoms with Crippen molar-refractivity contribution >= 4 is 11.9 Å². The van der Waals surface area contributed by atoms with Crippen LogP contribution in [0, 0.1) is 11.8 Å². The van der Waals surface area contributed by atoms with Gasteiger partial charge < -0.3 is 14.2 Å². The third-order valence-corrected chi connectivity index (χ3v) is 5.29. The van der Waals surface area contributed by atoms with E-state index < -0.39 is 23.5 Å². The van der Waals surface area contributed by atoms with Gasteiger partial charge in [0.1, 0.15) is 11.7 Å². The van der Waals surface area contributed by atoms with E-state index in [2.05, 4.69) is 0 Å². The predicted octanol–water partition coefficient (Wildman–Crippen LogP) is 1.88. The van der Waals surface area contributed by atoms with Gasteiger partial charge in [-0.15, -0.1) is 0 Å². The summed E-state index contributed by atoms with van der Waals surface area (Å²) in [6.45, 7) is 0. The molecule has 4 unspecified atom stereocenters. The number of esters is 2. The second kappa shape index (κ2) is 4.81. The number of rotatable bonds is 4. The molecule has 0 aliphatic carbocycles. The van der Waals surface area contributed by atoms with Gasteiger partial charge in [0.2, 0.25) is 0 Å². The maximum atomic E-state index is 12.0. The van der Waals surface area contributed by atoms with Crippen LogP contribution >= 0.6 is 0 Å². The molecule has 3 aliphatic rings. The standard InChI is InChI=1S/C17H18O5/c1-20-11-4-2-10(3-5-11)6-8-17-9-7-12(22-17)13-14(17)16(19)21-15(13)18/h2-5,12-14H,6-9H2,1H3. The lowest BCUT2D eigenvalue weighted by Gasteiger charge is -2.29. The predicted molar refractivity (Wildman–Crippen MR) is 76.2 cm³/mol. The molecule has 4 atom stereocenters. The number of methoxy groups -OCH3 is 1. The minimum Gasteiger partial charge on any atom is -0.497 e. The quantitative estimate of drug-likeness (QED) is 0.628. The van der Waals surface area contributed by atoms with Crippen molar-refractivity contribution in [3.8, 4) is 5.75 Å². The maximum absolute atomic E-state index is 12.0. The highest BCUT2D eigenvalue weighted by Crippen LogP contribution is 2.56. The van der Waals surface area contributed by atoms with Gasteiger partial charge in [-0.1, -0.05) is 12.1 Å². The summed E-state index contributed by atoms with van der Waals surface area (Å²) >= 11 is 0. The molecular weight excluding hydrogens is 284 g/mol. The molecule has 0 N–H and O–H groups in total. The SMILES string of the molecule is COc1ccc(CCC23CCC(O2)C2C(=O)OC(=O)C23)cc1. The van der Waals surface area contributed by atoms with Crippen LogP contribution in [0.3, 0.4) is 0 Å². The molecule has 3 fully saturated rings. The zero-order chi connectivity index (χ0) is 15.3. The van der Waals surface area contributed by atoms with Crippen molar-refractivity contribution < 1.29 is 23.8 Å². The highest BCUT2D eigenvalue weighted by molar-refractivity contribution is 5.98. The van der Waals surface area contributed by atoms with Gasteiger partial charge in [0.05, 0.1) is 24.7 Å². The molecule has 0 aromatic heterocycles. The molecule has 2 bridgehead atoms. The zero-order valence-corrected chi connectivity index (χ0v) is 12.4. The van der Waals surface area contributed by atoms with E-state index in [0.29, 0.717) is 0 Å². The van der Waals surface area contributed by atoms with Gasteiger partial charge in [0.25, 0.3) is 0 Å². The average Bonchev–Trinajstić information content (AvgIpc) is 3.18. The Kier molecular flexibility index (Phi) is 3.01. The van der Waals surface area contributed by atoms with E-state index in [-0.39, 0.29) is 12.0 Å². The summed E-state index contributed by atoms with van der Waals surface area (Å²) in [5.74, 6) is -0.753. The number of carbonyl (C=O) groups excluding carboxylic acids is 2. The third kappa shape index (κ3) is 1.88. The Hall–Kier alpha value is -1.88. The summed E-state index contributed by atoms with van der Waals surface area (Å²) in [6.07, 6.45) is 3.07. The number of ether oxygens (including phenoxy) is 3. The monoisotopic (exact) mass is 302 g/mol. The van der Waals surface area contributed by atoms with Crippen molar-refractivity contribution in [3.63, 3.8) is 0 Å². The summed E-state index contributed by atoms with van der Waals surface area (Å²) in [5, 5.41) is 0. The molecule has 5 heteroatoms. The van der Waals surface area contributed by atoms with Crippen molar-refractivity contribution in [3.05, 3.63) is 29.8 Å². The highest BCUT2D eigenvalue weighted by atomic mass is 16.6. The van der Waals surface area contributed by atoms with E-state index in [9.17, 15) is 9.59 Å². The van der Waals surface area contributed by atoms with E-state index in [0.717, 1.165) is 31.4 Å². The topological polar surface area (TPSA) is 61.8 Å². The first-order valence-corrected chi connectivity index (χ1v) is 7.69. The maximum Gasteiger partial charge on any atom is 0.320 e. The zero-order valence-electron chi connectivity index (χ0n) is 12.4. The van der Waals surface area contributed by atoms with Crippen molar-refractivity contribution in [2.75, 3.05) is 7.11 Å². The van der Waals surface area contributed by atoms with E-state index in [4.69, 9.17) is 14.2 Å². The Bertz CT molecular complexity index is 622. The first-order valence-electron chi connectivity index (χ1n) is 7.69. The summed E-state index contributed by atoms with van der Waals surface area (Å²) in [5.41, 5.74) is 0.654. The average molecular weight is 302 g/mol. The number of carbonyl (C=O) groups is 2. The first-order chi connectivity index (χ1) is 10.6. The normalized spacial score (nSPS) is 35.6. The second-order valence-corrected chi connectivity index (χ2v) is 6.35. The fraction of sp³-hybridized carbons (Fsp3) is 0.529. The summed E-state index contributed by atoms with van der Waals surface area (Å²) in [7, 11) is 1.64. The molecule has 1 aromatic rings. The molecule has 116 valence electrons. The second-order valence-electron chi connectivity index (χ2n) is 6.35. The van der Waals surface area contributed by atoms with E-state index >= 15 is 0 Å². The Balaban J connectivity index is 1.52. The van der Waals surface area contributed by atoms with Gasteiger partial charge in [-0.25, -0.2) is 0 Å². The Morgan fingerprint density at radius 2 is 2.00 bits per heavy atom. The van der Waals surface area contributed by atoms with Crippen LogP contribution in [-0.4, -0.2) is 30.8 Å². The lowest BCUT2D eigenvalue weighted by molar-refractivity contribution is -0.159. The highest BCUT2D eigenvalue weighted by Gasteiger charge is 2.68. The third-order valence-electron chi connectivity index (χ3n) is 5.29. The fourth-order valence-corrected chi connectivity index (χ4v) is 4.20. The van der Waals surface area contributed by atoms with Crippen LogP contribution in [-0.2, 0) is 25.5 Å². The molecule has 0 saturated carbocycles. The molecule has 0 radical (unpaired) electrons. The minimum absolute atomic E-state index is 0.139. The molecule has 3 aliphatic heterocycles. The van der Waals surface area contributed by atoms with Crippen molar-refractivity contribution in [1.82, 2.24) is 0 Å². The molecular formula is C17H18O5. The van der Waals surface area contributed by atoms with Crippen LogP contribution in [0.1, 0.15) is 24.8 Å². The summed E-state index contributed by atoms with van der Waals surface area (Å²) < 4.78 is 16.1. The Morgan fingerprint density at radius 1 is 1.23 bits per heavy atom. The van der Waals surface area contributed by atoms with Crippen LogP contribution in [0.25, 0.3) is 0 Å². The molecule has 5 nitrogen and oxygen atoms in total. The smallest absolute Gasteiger partial charge is 0.320 e. The van der Waals surface area contributed by atoms with Gasteiger partial charge in [0.15, 0.2) is 0 Å². The number of hydrogen-bond acceptors (Lipinski definition) is 5. The minimum atomic E-state index is -0.515. The van der Waals surface area contributed by atoms with Crippen molar-refractivity contribution in [1.29, 1.82) is 0 Å².